The average molecular weight is 1130 g/mol. The molecule has 33 atom stereocenters. The highest BCUT2D eigenvalue weighted by Gasteiger charge is 2.67. The van der Waals surface area contributed by atoms with Gasteiger partial charge in [0, 0.05) is 76.5 Å². The van der Waals surface area contributed by atoms with E-state index in [0.717, 1.165) is 44.1 Å². The third-order valence-electron chi connectivity index (χ3n) is 22.7. The number of aliphatic hydroxyl groups excluding tert-OH is 3. The Morgan fingerprint density at radius 3 is 2.01 bits per heavy atom. The van der Waals surface area contributed by atoms with E-state index in [-0.39, 0.29) is 165 Å². The number of hydrogen-bond acceptors (Lipinski definition) is 19. The predicted molar refractivity (Wildman–Crippen MR) is 278 cm³/mol. The fourth-order valence-electron chi connectivity index (χ4n) is 18.6. The van der Waals surface area contributed by atoms with E-state index in [4.69, 9.17) is 71.1 Å². The standard InChI is InChI=1S/C61H90O19/c1-27-13-34-7-9-38-28(2)14-36(66-38)11-12-59-24-49-52(58(73-49)80-59)43-20-47(76-59)57-39(69-43)10-8-35(68-57)16-51(65)74-56-32(6)55-45(70-44(56)17-40(67-34)31(27)5)19-42-48(72-55)23-61(75-42)25-50-54(79-61)30(4)22-60(78-50)21-29(3)53-46(77-60)18-41(71-53)37(64)15-33(63)26-62/h27,29-50,52-58,62-64H,2,7-26H2,1,3-6H3/t27-,29+,30+,31-,32+,33-,34+,35-,36+,37+,38+,39+,40-,41+,42-,43-,44+,45+,46+,47-,48-,49+,50+,52+,53+,54+,55+,56-,57+,58?,59?,60-,61+/m1/s1. The molecule has 2 unspecified atom stereocenters. The van der Waals surface area contributed by atoms with Gasteiger partial charge >= 0.3 is 5.97 Å². The Morgan fingerprint density at radius 2 is 1.19 bits per heavy atom. The van der Waals surface area contributed by atoms with Gasteiger partial charge in [0.2, 0.25) is 0 Å². The molecule has 0 radical (unpaired) electrons. The van der Waals surface area contributed by atoms with Gasteiger partial charge < -0.3 is 86.4 Å². The second kappa shape index (κ2) is 20.9. The minimum absolute atomic E-state index is 0.0321. The van der Waals surface area contributed by atoms with E-state index in [1.165, 1.54) is 0 Å². The van der Waals surface area contributed by atoms with Gasteiger partial charge in [0.25, 0.3) is 0 Å². The number of hydrogen-bond donors (Lipinski definition) is 3. The zero-order valence-corrected chi connectivity index (χ0v) is 47.5. The largest absolute Gasteiger partial charge is 0.459 e. The molecule has 0 aromatic heterocycles. The molecule has 0 aromatic rings. The van der Waals surface area contributed by atoms with Gasteiger partial charge in [-0.3, -0.25) is 4.79 Å². The molecule has 0 aliphatic carbocycles. The molecule has 0 amide bonds. The van der Waals surface area contributed by atoms with Crippen LogP contribution in [0.4, 0.5) is 0 Å². The summed E-state index contributed by atoms with van der Waals surface area (Å²) in [6.07, 6.45) is 4.75. The van der Waals surface area contributed by atoms with Gasteiger partial charge in [0.1, 0.15) is 12.2 Å². The first-order valence-electron chi connectivity index (χ1n) is 31.6. The number of fused-ring (bicyclic) bond motifs is 10. The Balaban J connectivity index is 0.652. The molecule has 0 aromatic carbocycles. The van der Waals surface area contributed by atoms with Gasteiger partial charge in [-0.2, -0.15) is 0 Å². The smallest absolute Gasteiger partial charge is 0.308 e. The summed E-state index contributed by atoms with van der Waals surface area (Å²) in [7, 11) is 0. The molecule has 0 saturated carbocycles. The number of esters is 1. The molecule has 12 bridgehead atoms. The van der Waals surface area contributed by atoms with Crippen LogP contribution in [0.3, 0.4) is 0 Å². The quantitative estimate of drug-likeness (QED) is 0.231. The van der Waals surface area contributed by atoms with Crippen LogP contribution in [-0.4, -0.2) is 192 Å². The fraction of sp³-hybridized carbons (Fsp3) is 0.951. The number of carbonyl (C=O) groups excluding carboxylic acids is 1. The molecule has 3 N–H and O–H groups in total. The highest BCUT2D eigenvalue weighted by atomic mass is 16.8. The Hall–Kier alpha value is -1.47. The molecule has 17 fully saturated rings. The molecular weight excluding hydrogens is 1040 g/mol. The van der Waals surface area contributed by atoms with E-state index < -0.39 is 54.5 Å². The van der Waals surface area contributed by atoms with Gasteiger partial charge in [-0.15, -0.1) is 0 Å². The minimum atomic E-state index is -1.01. The second-order valence-corrected chi connectivity index (χ2v) is 28.4. The monoisotopic (exact) mass is 1130 g/mol. The first kappa shape index (κ1) is 55.1. The lowest BCUT2D eigenvalue weighted by Crippen LogP contribution is -2.72. The topological polar surface area (TPSA) is 216 Å². The van der Waals surface area contributed by atoms with Crippen molar-refractivity contribution in [3.8, 4) is 0 Å². The molecule has 19 nitrogen and oxygen atoms in total. The highest BCUT2D eigenvalue weighted by molar-refractivity contribution is 5.70. The fourth-order valence-corrected chi connectivity index (χ4v) is 18.6. The van der Waals surface area contributed by atoms with E-state index in [1.54, 1.807) is 0 Å². The SMILES string of the molecule is C=C1C[C@@H]2CCC34C[C@@H]5OC(O3)[C@H]5[C@H]3C[C@@H](O4)[C@H]4O[C@H](CC[C@@H]4O3)CC(=O)O[C@@H]3[C@@H](C)[C@@H]4O[C@@H]5C[C@]6(C[C@@H]7O[C@]8(C[C@H](C)[C@@H]9O[C@H]([C@@H](O)C[C@@H](O)CO)C[C@@H]9O8)C[C@H](C)[C@@H]7O6)O[C@@H]5C[C@@H]4O[C@H]3C[C@H]3O[C@@H](CC[C@@H]1O2)C[C@@H](C)[C@H]3C. The van der Waals surface area contributed by atoms with Crippen molar-refractivity contribution in [3.63, 3.8) is 0 Å². The molecule has 19 heteroatoms. The van der Waals surface area contributed by atoms with Gasteiger partial charge in [-0.25, -0.2) is 0 Å². The maximum atomic E-state index is 14.6. The first-order chi connectivity index (χ1) is 38.5. The third kappa shape index (κ3) is 9.76. The number of rotatable bonds is 4. The number of carbonyl (C=O) groups is 1. The summed E-state index contributed by atoms with van der Waals surface area (Å²) >= 11 is 0. The Morgan fingerprint density at radius 1 is 0.500 bits per heavy atom. The van der Waals surface area contributed by atoms with Crippen LogP contribution < -0.4 is 0 Å². The second-order valence-electron chi connectivity index (χ2n) is 28.4. The Labute approximate surface area is 470 Å². The van der Waals surface area contributed by atoms with Crippen LogP contribution in [-0.2, 0) is 75.8 Å². The molecule has 17 saturated heterocycles. The van der Waals surface area contributed by atoms with Crippen molar-refractivity contribution in [2.45, 2.75) is 321 Å². The lowest BCUT2D eigenvalue weighted by Gasteiger charge is -2.63. The van der Waals surface area contributed by atoms with Crippen LogP contribution in [0.15, 0.2) is 12.2 Å². The lowest BCUT2D eigenvalue weighted by molar-refractivity contribution is -0.483. The third-order valence-corrected chi connectivity index (χ3v) is 22.7. The summed E-state index contributed by atoms with van der Waals surface area (Å²) in [5.74, 6) is -2.03. The minimum Gasteiger partial charge on any atom is -0.459 e. The molecule has 448 valence electrons. The molecule has 80 heavy (non-hydrogen) atoms. The van der Waals surface area contributed by atoms with Crippen LogP contribution in [0, 0.1) is 35.5 Å². The Kier molecular flexibility index (Phi) is 14.4. The van der Waals surface area contributed by atoms with Crippen LogP contribution >= 0.6 is 0 Å². The Bertz CT molecular complexity index is 2300. The highest BCUT2D eigenvalue weighted by Crippen LogP contribution is 2.58. The summed E-state index contributed by atoms with van der Waals surface area (Å²) in [4.78, 5) is 14.6. The van der Waals surface area contributed by atoms with Crippen molar-refractivity contribution >= 4 is 5.97 Å². The van der Waals surface area contributed by atoms with E-state index in [1.807, 2.05) is 0 Å². The van der Waals surface area contributed by atoms with Crippen LogP contribution in [0.5, 0.6) is 0 Å². The van der Waals surface area contributed by atoms with Crippen molar-refractivity contribution in [1.82, 2.24) is 0 Å². The van der Waals surface area contributed by atoms with E-state index in [9.17, 15) is 20.1 Å². The van der Waals surface area contributed by atoms with Gasteiger partial charge in [-0.1, -0.05) is 41.2 Å². The normalized spacial score (nSPS) is 57.7. The maximum Gasteiger partial charge on any atom is 0.308 e. The summed E-state index contributed by atoms with van der Waals surface area (Å²) < 4.78 is 103. The number of ether oxygens (including phenoxy) is 15. The van der Waals surface area contributed by atoms with Crippen molar-refractivity contribution in [2.24, 2.45) is 35.5 Å². The first-order valence-corrected chi connectivity index (χ1v) is 31.6. The number of aliphatic hydroxyl groups is 3. The zero-order valence-electron chi connectivity index (χ0n) is 47.5. The molecule has 17 aliphatic heterocycles. The molecule has 17 rings (SSSR count). The van der Waals surface area contributed by atoms with E-state index >= 15 is 0 Å². The molecule has 3 spiro atoms. The summed E-state index contributed by atoms with van der Waals surface area (Å²) in [5, 5.41) is 30.4. The van der Waals surface area contributed by atoms with Crippen LogP contribution in [0.2, 0.25) is 0 Å². The molecule has 17 aliphatic rings. The average Bonchev–Trinajstić information content (AvgIpc) is 4.34. The van der Waals surface area contributed by atoms with Gasteiger partial charge in [0.15, 0.2) is 23.7 Å². The summed E-state index contributed by atoms with van der Waals surface area (Å²) in [6, 6.07) is 0. The van der Waals surface area contributed by atoms with E-state index in [2.05, 4.69) is 41.2 Å². The van der Waals surface area contributed by atoms with Crippen LogP contribution in [0.25, 0.3) is 0 Å². The summed E-state index contributed by atoms with van der Waals surface area (Å²) in [6.45, 7) is 15.3. The zero-order chi connectivity index (χ0) is 54.7. The van der Waals surface area contributed by atoms with Gasteiger partial charge in [0.05, 0.1) is 147 Å². The maximum absolute atomic E-state index is 14.6. The summed E-state index contributed by atoms with van der Waals surface area (Å²) in [5.41, 5.74) is 1.14. The van der Waals surface area contributed by atoms with Crippen molar-refractivity contribution in [1.29, 1.82) is 0 Å². The molecular formula is C61H90O19. The van der Waals surface area contributed by atoms with Crippen molar-refractivity contribution in [2.75, 3.05) is 6.61 Å². The van der Waals surface area contributed by atoms with Crippen molar-refractivity contribution in [3.05, 3.63) is 12.2 Å². The van der Waals surface area contributed by atoms with Crippen LogP contribution in [0.1, 0.15) is 157 Å². The van der Waals surface area contributed by atoms with E-state index in [0.29, 0.717) is 76.5 Å². The van der Waals surface area contributed by atoms with Gasteiger partial charge in [-0.05, 0) is 74.2 Å². The lowest BCUT2D eigenvalue weighted by atomic mass is 9.75. The molecule has 17 heterocycles. The van der Waals surface area contributed by atoms with Crippen molar-refractivity contribution < 1.29 is 91.2 Å². The predicted octanol–water partition coefficient (Wildman–Crippen LogP) is 5.60.